The number of hydrogen-bond acceptors (Lipinski definition) is 2. The number of hydrogen-bond donors (Lipinski definition) is 1. The molecular formula is C15H12BrNO. The van der Waals surface area contributed by atoms with Gasteiger partial charge in [0.25, 0.3) is 0 Å². The van der Waals surface area contributed by atoms with E-state index in [1.54, 1.807) is 0 Å². The molecule has 0 spiro atoms. The average molecular weight is 302 g/mol. The molecule has 0 amide bonds. The van der Waals surface area contributed by atoms with Gasteiger partial charge in [-0.1, -0.05) is 23.8 Å². The predicted octanol–water partition coefficient (Wildman–Crippen LogP) is 4.75. The van der Waals surface area contributed by atoms with E-state index in [1.165, 1.54) is 5.56 Å². The van der Waals surface area contributed by atoms with Crippen molar-refractivity contribution in [2.75, 3.05) is 5.73 Å². The van der Waals surface area contributed by atoms with E-state index in [2.05, 4.69) is 28.9 Å². The maximum absolute atomic E-state index is 5.99. The van der Waals surface area contributed by atoms with E-state index in [-0.39, 0.29) is 0 Å². The zero-order valence-electron chi connectivity index (χ0n) is 9.91. The van der Waals surface area contributed by atoms with E-state index in [4.69, 9.17) is 10.2 Å². The van der Waals surface area contributed by atoms with Crippen molar-refractivity contribution in [3.8, 4) is 11.3 Å². The van der Waals surface area contributed by atoms with Crippen molar-refractivity contribution in [1.82, 2.24) is 0 Å². The number of aryl methyl sites for hydroxylation is 1. The molecule has 1 heterocycles. The molecule has 0 saturated heterocycles. The molecule has 2 nitrogen and oxygen atoms in total. The van der Waals surface area contributed by atoms with Crippen LogP contribution in [0.3, 0.4) is 0 Å². The van der Waals surface area contributed by atoms with Crippen molar-refractivity contribution in [1.29, 1.82) is 0 Å². The lowest BCUT2D eigenvalue weighted by Crippen LogP contribution is -1.88. The van der Waals surface area contributed by atoms with Gasteiger partial charge in [-0.2, -0.15) is 0 Å². The molecule has 0 aliphatic heterocycles. The van der Waals surface area contributed by atoms with Crippen LogP contribution in [0, 0.1) is 6.92 Å². The van der Waals surface area contributed by atoms with Gasteiger partial charge in [0.2, 0.25) is 0 Å². The third-order valence-corrected chi connectivity index (χ3v) is 3.78. The van der Waals surface area contributed by atoms with Gasteiger partial charge in [0.1, 0.15) is 5.58 Å². The Morgan fingerprint density at radius 3 is 2.67 bits per heavy atom. The number of furan rings is 1. The van der Waals surface area contributed by atoms with Crippen molar-refractivity contribution in [3.63, 3.8) is 0 Å². The van der Waals surface area contributed by atoms with Gasteiger partial charge in [-0.15, -0.1) is 0 Å². The Hall–Kier alpha value is -1.74. The number of nitrogen functional groups attached to an aromatic ring is 1. The summed E-state index contributed by atoms with van der Waals surface area (Å²) in [6, 6.07) is 13.8. The molecule has 0 unspecified atom stereocenters. The number of halogens is 1. The molecule has 0 radical (unpaired) electrons. The van der Waals surface area contributed by atoms with Crippen LogP contribution in [0.1, 0.15) is 5.56 Å². The summed E-state index contributed by atoms with van der Waals surface area (Å²) in [5, 5.41) is 1.08. The van der Waals surface area contributed by atoms with Crippen LogP contribution in [0.25, 0.3) is 22.3 Å². The minimum atomic E-state index is 0.717. The van der Waals surface area contributed by atoms with Gasteiger partial charge in [0, 0.05) is 16.6 Å². The molecule has 0 fully saturated rings. The lowest BCUT2D eigenvalue weighted by molar-refractivity contribution is 0.630. The molecule has 3 heteroatoms. The van der Waals surface area contributed by atoms with E-state index in [9.17, 15) is 0 Å². The molecule has 2 N–H and O–H groups in total. The van der Waals surface area contributed by atoms with Gasteiger partial charge in [0.15, 0.2) is 5.76 Å². The molecule has 2 aromatic carbocycles. The van der Waals surface area contributed by atoms with Crippen LogP contribution in [0.5, 0.6) is 0 Å². The normalized spacial score (nSPS) is 11.0. The molecule has 90 valence electrons. The molecule has 0 atom stereocenters. The van der Waals surface area contributed by atoms with Crippen molar-refractivity contribution in [3.05, 3.63) is 52.5 Å². The molecule has 1 aromatic heterocycles. The van der Waals surface area contributed by atoms with Crippen LogP contribution in [0.4, 0.5) is 5.69 Å². The molecule has 0 saturated carbocycles. The van der Waals surface area contributed by atoms with Crippen LogP contribution in [0.2, 0.25) is 0 Å². The van der Waals surface area contributed by atoms with Crippen LogP contribution in [0.15, 0.2) is 51.4 Å². The number of anilines is 1. The minimum Gasteiger partial charge on any atom is -0.455 e. The molecular weight excluding hydrogens is 290 g/mol. The first-order chi connectivity index (χ1) is 8.66. The summed E-state index contributed by atoms with van der Waals surface area (Å²) in [7, 11) is 0. The second-order valence-corrected chi connectivity index (χ2v) is 5.13. The van der Waals surface area contributed by atoms with Gasteiger partial charge in [-0.3, -0.25) is 0 Å². The monoisotopic (exact) mass is 301 g/mol. The summed E-state index contributed by atoms with van der Waals surface area (Å²) >= 11 is 3.61. The minimum absolute atomic E-state index is 0.717. The fourth-order valence-electron chi connectivity index (χ4n) is 2.06. The van der Waals surface area contributed by atoms with Crippen LogP contribution < -0.4 is 5.73 Å². The Bertz CT molecular complexity index is 730. The van der Waals surface area contributed by atoms with E-state index in [0.29, 0.717) is 5.69 Å². The summed E-state index contributed by atoms with van der Waals surface area (Å²) < 4.78 is 6.85. The SMILES string of the molecule is Cc1ccc2oc(-c3ccccc3N)c(Br)c2c1. The summed E-state index contributed by atoms with van der Waals surface area (Å²) in [4.78, 5) is 0. The van der Waals surface area contributed by atoms with Crippen molar-refractivity contribution < 1.29 is 4.42 Å². The van der Waals surface area contributed by atoms with Gasteiger partial charge < -0.3 is 10.2 Å². The van der Waals surface area contributed by atoms with Gasteiger partial charge >= 0.3 is 0 Å². The smallest absolute Gasteiger partial charge is 0.151 e. The first-order valence-corrected chi connectivity index (χ1v) is 6.49. The third-order valence-electron chi connectivity index (χ3n) is 2.99. The highest BCUT2D eigenvalue weighted by atomic mass is 79.9. The third kappa shape index (κ3) is 1.71. The average Bonchev–Trinajstić information content (AvgIpc) is 2.68. The Balaban J connectivity index is 2.31. The van der Waals surface area contributed by atoms with Crippen molar-refractivity contribution >= 4 is 32.6 Å². The highest BCUT2D eigenvalue weighted by molar-refractivity contribution is 9.10. The maximum Gasteiger partial charge on any atom is 0.151 e. The number of rotatable bonds is 1. The molecule has 0 aliphatic rings. The summed E-state index contributed by atoms with van der Waals surface area (Å²) in [6.45, 7) is 2.06. The second-order valence-electron chi connectivity index (χ2n) is 4.33. The molecule has 18 heavy (non-hydrogen) atoms. The van der Waals surface area contributed by atoms with Crippen LogP contribution in [-0.4, -0.2) is 0 Å². The molecule has 3 aromatic rings. The first kappa shape index (κ1) is 11.4. The number of para-hydroxylation sites is 1. The lowest BCUT2D eigenvalue weighted by atomic mass is 10.1. The standard InChI is InChI=1S/C15H12BrNO/c1-9-6-7-13-11(8-9)14(16)15(18-13)10-4-2-3-5-12(10)17/h2-8H,17H2,1H3. The molecule has 0 aliphatic carbocycles. The first-order valence-electron chi connectivity index (χ1n) is 5.70. The lowest BCUT2D eigenvalue weighted by Gasteiger charge is -2.01. The highest BCUT2D eigenvalue weighted by Crippen LogP contribution is 2.39. The van der Waals surface area contributed by atoms with Gasteiger partial charge in [-0.05, 0) is 47.1 Å². The van der Waals surface area contributed by atoms with Crippen LogP contribution in [-0.2, 0) is 0 Å². The van der Waals surface area contributed by atoms with E-state index < -0.39 is 0 Å². The molecule has 0 bridgehead atoms. The maximum atomic E-state index is 5.99. The quantitative estimate of drug-likeness (QED) is 0.659. The Kier molecular flexibility index (Phi) is 2.63. The van der Waals surface area contributed by atoms with Crippen molar-refractivity contribution in [2.45, 2.75) is 6.92 Å². The largest absolute Gasteiger partial charge is 0.455 e. The summed E-state index contributed by atoms with van der Waals surface area (Å²) in [5.41, 5.74) is 9.70. The van der Waals surface area contributed by atoms with Crippen LogP contribution >= 0.6 is 15.9 Å². The fourth-order valence-corrected chi connectivity index (χ4v) is 2.66. The number of fused-ring (bicyclic) bond motifs is 1. The molecule has 3 rings (SSSR count). The number of nitrogens with two attached hydrogens (primary N) is 1. The zero-order valence-corrected chi connectivity index (χ0v) is 11.5. The second kappa shape index (κ2) is 4.18. The Labute approximate surface area is 114 Å². The fraction of sp³-hybridized carbons (Fsp3) is 0.0667. The predicted molar refractivity (Wildman–Crippen MR) is 78.5 cm³/mol. The summed E-state index contributed by atoms with van der Waals surface area (Å²) in [5.74, 6) is 0.786. The van der Waals surface area contributed by atoms with E-state index in [1.807, 2.05) is 36.4 Å². The zero-order chi connectivity index (χ0) is 12.7. The van der Waals surface area contributed by atoms with E-state index in [0.717, 1.165) is 26.8 Å². The summed E-state index contributed by atoms with van der Waals surface area (Å²) in [6.07, 6.45) is 0. The van der Waals surface area contributed by atoms with Gasteiger partial charge in [0.05, 0.1) is 4.47 Å². The van der Waals surface area contributed by atoms with Gasteiger partial charge in [-0.25, -0.2) is 0 Å². The number of benzene rings is 2. The van der Waals surface area contributed by atoms with E-state index >= 15 is 0 Å². The highest BCUT2D eigenvalue weighted by Gasteiger charge is 2.15. The Morgan fingerprint density at radius 1 is 1.11 bits per heavy atom. The Morgan fingerprint density at radius 2 is 1.89 bits per heavy atom. The topological polar surface area (TPSA) is 39.2 Å². The van der Waals surface area contributed by atoms with Crippen molar-refractivity contribution in [2.24, 2.45) is 0 Å².